The van der Waals surface area contributed by atoms with Crippen LogP contribution in [-0.2, 0) is 9.53 Å². The fraction of sp³-hybridized carbons (Fsp3) is 0.722. The minimum Gasteiger partial charge on any atom is -0.381 e. The van der Waals surface area contributed by atoms with Gasteiger partial charge in [-0.2, -0.15) is 0 Å². The third kappa shape index (κ3) is 3.76. The van der Waals surface area contributed by atoms with Gasteiger partial charge in [-0.3, -0.25) is 4.79 Å². The van der Waals surface area contributed by atoms with Gasteiger partial charge in [-0.25, -0.2) is 0 Å². The highest BCUT2D eigenvalue weighted by Crippen LogP contribution is 2.20. The van der Waals surface area contributed by atoms with Crippen molar-refractivity contribution in [1.29, 1.82) is 0 Å². The zero-order valence-electron chi connectivity index (χ0n) is 15.5. The van der Waals surface area contributed by atoms with Crippen molar-refractivity contribution in [3.05, 3.63) is 12.1 Å². The first-order chi connectivity index (χ1) is 12.7. The number of ether oxygens (including phenoxy) is 1. The summed E-state index contributed by atoms with van der Waals surface area (Å²) in [6.45, 7) is 8.52. The maximum absolute atomic E-state index is 12.5. The number of amides is 1. The molecule has 8 nitrogen and oxygen atoms in total. The number of rotatable bonds is 3. The lowest BCUT2D eigenvalue weighted by Gasteiger charge is -2.36. The highest BCUT2D eigenvalue weighted by atomic mass is 16.5. The van der Waals surface area contributed by atoms with Crippen molar-refractivity contribution in [1.82, 2.24) is 20.0 Å². The number of aromatic nitrogens is 2. The Balaban J connectivity index is 1.31. The van der Waals surface area contributed by atoms with Gasteiger partial charge in [0.25, 0.3) is 0 Å². The molecule has 1 aromatic heterocycles. The number of likely N-dealkylation sites (N-methyl/N-ethyl adjacent to an activating group) is 1. The van der Waals surface area contributed by atoms with Crippen molar-refractivity contribution in [3.63, 3.8) is 0 Å². The minimum atomic E-state index is 0.0595. The lowest BCUT2D eigenvalue weighted by Crippen LogP contribution is -2.50. The molecule has 0 saturated carbocycles. The molecule has 142 valence electrons. The Kier molecular flexibility index (Phi) is 5.21. The Bertz CT molecular complexity index is 603. The van der Waals surface area contributed by atoms with E-state index in [1.807, 2.05) is 4.90 Å². The van der Waals surface area contributed by atoms with E-state index in [0.717, 1.165) is 70.4 Å². The number of carbonyl (C=O) groups excluding carboxylic acids is 1. The molecule has 0 N–H and O–H groups in total. The van der Waals surface area contributed by atoms with Gasteiger partial charge in [-0.1, -0.05) is 0 Å². The third-order valence-electron chi connectivity index (χ3n) is 5.66. The molecule has 3 aliphatic rings. The van der Waals surface area contributed by atoms with Gasteiger partial charge in [0, 0.05) is 59.0 Å². The predicted octanol–water partition coefficient (Wildman–Crippen LogP) is -0.0865. The number of nitrogens with zero attached hydrogens (tertiary/aromatic N) is 6. The Morgan fingerprint density at radius 1 is 0.962 bits per heavy atom. The molecule has 3 aliphatic heterocycles. The largest absolute Gasteiger partial charge is 0.381 e. The molecule has 0 bridgehead atoms. The molecule has 1 unspecified atom stereocenters. The summed E-state index contributed by atoms with van der Waals surface area (Å²) < 4.78 is 5.34. The van der Waals surface area contributed by atoms with Gasteiger partial charge in [0.15, 0.2) is 11.6 Å². The Hall–Kier alpha value is -1.93. The summed E-state index contributed by atoms with van der Waals surface area (Å²) in [6.07, 6.45) is 0.859. The molecule has 3 saturated heterocycles. The van der Waals surface area contributed by atoms with E-state index in [0.29, 0.717) is 13.2 Å². The molecule has 0 spiro atoms. The monoisotopic (exact) mass is 360 g/mol. The summed E-state index contributed by atoms with van der Waals surface area (Å²) in [5.74, 6) is 2.17. The molecule has 1 amide bonds. The minimum absolute atomic E-state index is 0.0595. The SMILES string of the molecule is CN1CCN(c2ccc(N3CCN(C(=O)C4CCOC4)CC3)nn2)CC1. The van der Waals surface area contributed by atoms with Crippen molar-refractivity contribution in [2.45, 2.75) is 6.42 Å². The number of hydrogen-bond acceptors (Lipinski definition) is 7. The number of hydrogen-bond donors (Lipinski definition) is 0. The smallest absolute Gasteiger partial charge is 0.228 e. The van der Waals surface area contributed by atoms with Crippen LogP contribution in [0.1, 0.15) is 6.42 Å². The summed E-state index contributed by atoms with van der Waals surface area (Å²) in [5, 5.41) is 8.88. The molecular weight excluding hydrogens is 332 g/mol. The van der Waals surface area contributed by atoms with Crippen LogP contribution in [0.3, 0.4) is 0 Å². The van der Waals surface area contributed by atoms with Crippen LogP contribution in [0.25, 0.3) is 0 Å². The zero-order valence-corrected chi connectivity index (χ0v) is 15.5. The summed E-state index contributed by atoms with van der Waals surface area (Å²) in [7, 11) is 2.15. The van der Waals surface area contributed by atoms with E-state index >= 15 is 0 Å². The third-order valence-corrected chi connectivity index (χ3v) is 5.66. The second-order valence-electron chi connectivity index (χ2n) is 7.41. The first kappa shape index (κ1) is 17.5. The second kappa shape index (κ2) is 7.75. The summed E-state index contributed by atoms with van der Waals surface area (Å²) >= 11 is 0. The van der Waals surface area contributed by atoms with Crippen molar-refractivity contribution in [3.8, 4) is 0 Å². The number of piperazine rings is 2. The molecule has 8 heteroatoms. The van der Waals surface area contributed by atoms with Crippen molar-refractivity contribution in [2.24, 2.45) is 5.92 Å². The maximum Gasteiger partial charge on any atom is 0.228 e. The fourth-order valence-corrected chi connectivity index (χ4v) is 3.83. The predicted molar refractivity (Wildman–Crippen MR) is 99.5 cm³/mol. The van der Waals surface area contributed by atoms with Gasteiger partial charge in [-0.05, 0) is 25.6 Å². The topological polar surface area (TPSA) is 65.0 Å². The van der Waals surface area contributed by atoms with Crippen LogP contribution >= 0.6 is 0 Å². The van der Waals surface area contributed by atoms with Crippen LogP contribution in [0.4, 0.5) is 11.6 Å². The van der Waals surface area contributed by atoms with Gasteiger partial charge in [0.2, 0.25) is 5.91 Å². The maximum atomic E-state index is 12.5. The van der Waals surface area contributed by atoms with Crippen LogP contribution in [0.2, 0.25) is 0 Å². The summed E-state index contributed by atoms with van der Waals surface area (Å²) in [5.41, 5.74) is 0. The number of carbonyl (C=O) groups is 1. The highest BCUT2D eigenvalue weighted by molar-refractivity contribution is 5.79. The molecule has 1 atom stereocenters. The van der Waals surface area contributed by atoms with E-state index in [1.54, 1.807) is 0 Å². The van der Waals surface area contributed by atoms with E-state index in [1.165, 1.54) is 0 Å². The molecule has 4 rings (SSSR count). The summed E-state index contributed by atoms with van der Waals surface area (Å²) in [6, 6.07) is 4.13. The van der Waals surface area contributed by atoms with Gasteiger partial charge < -0.3 is 24.3 Å². The van der Waals surface area contributed by atoms with Crippen LogP contribution in [0.15, 0.2) is 12.1 Å². The average molecular weight is 360 g/mol. The average Bonchev–Trinajstić information content (AvgIpc) is 3.23. The zero-order chi connectivity index (χ0) is 17.9. The number of anilines is 2. The molecular formula is C18H28N6O2. The lowest BCUT2D eigenvalue weighted by molar-refractivity contribution is -0.135. The van der Waals surface area contributed by atoms with Crippen molar-refractivity contribution < 1.29 is 9.53 Å². The quantitative estimate of drug-likeness (QED) is 0.747. The molecule has 0 aliphatic carbocycles. The van der Waals surface area contributed by atoms with Gasteiger partial charge >= 0.3 is 0 Å². The molecule has 26 heavy (non-hydrogen) atoms. The molecule has 4 heterocycles. The van der Waals surface area contributed by atoms with E-state index < -0.39 is 0 Å². The van der Waals surface area contributed by atoms with Crippen LogP contribution in [-0.4, -0.2) is 98.5 Å². The first-order valence-corrected chi connectivity index (χ1v) is 9.59. The standard InChI is InChI=1S/C18H28N6O2/c1-21-5-7-22(8-6-21)16-2-3-17(20-19-16)23-9-11-24(12-10-23)18(25)15-4-13-26-14-15/h2-3,15H,4-14H2,1H3. The first-order valence-electron chi connectivity index (χ1n) is 9.59. The van der Waals surface area contributed by atoms with Gasteiger partial charge in [0.05, 0.1) is 12.5 Å². The Morgan fingerprint density at radius 2 is 1.54 bits per heavy atom. The molecule has 0 radical (unpaired) electrons. The van der Waals surface area contributed by atoms with E-state index in [4.69, 9.17) is 4.74 Å². The Labute approximate surface area is 154 Å². The fourth-order valence-electron chi connectivity index (χ4n) is 3.83. The molecule has 1 aromatic rings. The molecule has 0 aromatic carbocycles. The second-order valence-corrected chi connectivity index (χ2v) is 7.41. The van der Waals surface area contributed by atoms with Gasteiger partial charge in [0.1, 0.15) is 0 Å². The van der Waals surface area contributed by atoms with E-state index in [-0.39, 0.29) is 11.8 Å². The molecule has 3 fully saturated rings. The van der Waals surface area contributed by atoms with Crippen LogP contribution < -0.4 is 9.80 Å². The van der Waals surface area contributed by atoms with Crippen LogP contribution in [0.5, 0.6) is 0 Å². The Morgan fingerprint density at radius 3 is 2.04 bits per heavy atom. The van der Waals surface area contributed by atoms with E-state index in [9.17, 15) is 4.79 Å². The summed E-state index contributed by atoms with van der Waals surface area (Å²) in [4.78, 5) is 21.3. The van der Waals surface area contributed by atoms with Crippen molar-refractivity contribution in [2.75, 3.05) is 82.4 Å². The van der Waals surface area contributed by atoms with Crippen molar-refractivity contribution >= 4 is 17.5 Å². The van der Waals surface area contributed by atoms with E-state index in [2.05, 4.69) is 44.1 Å². The van der Waals surface area contributed by atoms with Crippen LogP contribution in [0, 0.1) is 5.92 Å². The highest BCUT2D eigenvalue weighted by Gasteiger charge is 2.30. The lowest BCUT2D eigenvalue weighted by atomic mass is 10.1. The van der Waals surface area contributed by atoms with Gasteiger partial charge in [-0.15, -0.1) is 10.2 Å². The normalized spacial score (nSPS) is 25.0.